The van der Waals surface area contributed by atoms with Crippen molar-refractivity contribution >= 4 is 11.6 Å². The Morgan fingerprint density at radius 1 is 1.36 bits per heavy atom. The summed E-state index contributed by atoms with van der Waals surface area (Å²) in [6.07, 6.45) is 2.55. The lowest BCUT2D eigenvalue weighted by molar-refractivity contribution is 0.170. The molecular weight excluding hydrogens is 196 g/mol. The van der Waals surface area contributed by atoms with Crippen LogP contribution in [0.1, 0.15) is 19.8 Å². The first-order valence-electron chi connectivity index (χ1n) is 5.60. The molecule has 0 amide bonds. The lowest BCUT2D eigenvalue weighted by atomic mass is 9.94. The van der Waals surface area contributed by atoms with E-state index in [4.69, 9.17) is 11.6 Å². The highest BCUT2D eigenvalue weighted by molar-refractivity contribution is 6.20. The minimum absolute atomic E-state index is 0.353. The first-order valence-corrected chi connectivity index (χ1v) is 6.04. The van der Waals surface area contributed by atoms with E-state index >= 15 is 0 Å². The first-order chi connectivity index (χ1) is 6.59. The fourth-order valence-corrected chi connectivity index (χ4v) is 2.23. The van der Waals surface area contributed by atoms with Crippen LogP contribution in [0.4, 0.5) is 0 Å². The molecule has 0 spiro atoms. The topological polar surface area (TPSA) is 6.48 Å². The summed E-state index contributed by atoms with van der Waals surface area (Å²) in [5.74, 6) is 0.743. The van der Waals surface area contributed by atoms with Gasteiger partial charge in [0.2, 0.25) is 0 Å². The summed E-state index contributed by atoms with van der Waals surface area (Å²) in [5.41, 5.74) is 0. The van der Waals surface area contributed by atoms with Crippen molar-refractivity contribution in [2.24, 2.45) is 5.92 Å². The van der Waals surface area contributed by atoms with E-state index in [1.165, 1.54) is 39.0 Å². The Bertz CT molecular complexity index is 151. The summed E-state index contributed by atoms with van der Waals surface area (Å²) in [6.45, 7) is 6.96. The molecule has 0 saturated carbocycles. The molecule has 1 heterocycles. The molecule has 0 aromatic heterocycles. The summed E-state index contributed by atoms with van der Waals surface area (Å²) in [7, 11) is 4.27. The van der Waals surface area contributed by atoms with Crippen LogP contribution in [0.2, 0.25) is 0 Å². The normalized spacial score (nSPS) is 22.9. The highest BCUT2D eigenvalue weighted by Crippen LogP contribution is 2.23. The van der Waals surface area contributed by atoms with Gasteiger partial charge >= 0.3 is 0 Å². The monoisotopic (exact) mass is 218 g/mol. The molecule has 1 saturated heterocycles. The van der Waals surface area contributed by atoms with Crippen molar-refractivity contribution in [2.75, 3.05) is 40.3 Å². The number of hydrogen-bond donors (Lipinski definition) is 0. The molecule has 1 atom stereocenters. The first kappa shape index (κ1) is 12.3. The van der Waals surface area contributed by atoms with Crippen LogP contribution >= 0.6 is 11.6 Å². The van der Waals surface area contributed by atoms with Gasteiger partial charge in [-0.3, -0.25) is 0 Å². The van der Waals surface area contributed by atoms with Crippen molar-refractivity contribution in [1.82, 2.24) is 9.80 Å². The molecule has 0 aromatic rings. The van der Waals surface area contributed by atoms with Crippen LogP contribution in [0.15, 0.2) is 0 Å². The van der Waals surface area contributed by atoms with E-state index in [-0.39, 0.29) is 0 Å². The summed E-state index contributed by atoms with van der Waals surface area (Å²) >= 11 is 6.11. The van der Waals surface area contributed by atoms with Crippen molar-refractivity contribution in [1.29, 1.82) is 0 Å². The van der Waals surface area contributed by atoms with Crippen molar-refractivity contribution in [2.45, 2.75) is 25.1 Å². The molecule has 1 unspecified atom stereocenters. The minimum Gasteiger partial charge on any atom is -0.308 e. The molecule has 0 aliphatic carbocycles. The number of halogens is 1. The van der Waals surface area contributed by atoms with Crippen LogP contribution in [0.5, 0.6) is 0 Å². The summed E-state index contributed by atoms with van der Waals surface area (Å²) < 4.78 is 0. The molecule has 0 N–H and O–H groups in total. The van der Waals surface area contributed by atoms with E-state index in [0.717, 1.165) is 5.92 Å². The second-order valence-corrected chi connectivity index (χ2v) is 5.35. The summed E-state index contributed by atoms with van der Waals surface area (Å²) in [4.78, 5) is 4.80. The average molecular weight is 219 g/mol. The lowest BCUT2D eigenvalue weighted by Gasteiger charge is -2.33. The van der Waals surface area contributed by atoms with Gasteiger partial charge in [0.1, 0.15) is 0 Å². The molecule has 1 aliphatic heterocycles. The van der Waals surface area contributed by atoms with Crippen LogP contribution in [0.3, 0.4) is 0 Å². The Morgan fingerprint density at radius 3 is 2.36 bits per heavy atom. The molecule has 0 bridgehead atoms. The maximum absolute atomic E-state index is 6.11. The lowest BCUT2D eigenvalue weighted by Crippen LogP contribution is -2.39. The predicted octanol–water partition coefficient (Wildman–Crippen LogP) is 1.89. The van der Waals surface area contributed by atoms with E-state index < -0.39 is 0 Å². The van der Waals surface area contributed by atoms with E-state index in [9.17, 15) is 0 Å². The van der Waals surface area contributed by atoms with Gasteiger partial charge < -0.3 is 9.80 Å². The van der Waals surface area contributed by atoms with Crippen molar-refractivity contribution in [3.05, 3.63) is 0 Å². The molecule has 0 aromatic carbocycles. The van der Waals surface area contributed by atoms with Crippen LogP contribution in [-0.2, 0) is 0 Å². The van der Waals surface area contributed by atoms with Crippen LogP contribution in [-0.4, -0.2) is 55.5 Å². The molecular formula is C11H23ClN2. The summed E-state index contributed by atoms with van der Waals surface area (Å²) in [5, 5.41) is 0.353. The largest absolute Gasteiger partial charge is 0.308 e. The van der Waals surface area contributed by atoms with Crippen LogP contribution < -0.4 is 0 Å². The van der Waals surface area contributed by atoms with Gasteiger partial charge in [0.25, 0.3) is 0 Å². The van der Waals surface area contributed by atoms with Crippen molar-refractivity contribution < 1.29 is 0 Å². The molecule has 1 rings (SSSR count). The minimum atomic E-state index is 0.353. The third kappa shape index (κ3) is 4.16. The third-order valence-electron chi connectivity index (χ3n) is 3.15. The molecule has 0 radical (unpaired) electrons. The second kappa shape index (κ2) is 5.94. The molecule has 14 heavy (non-hydrogen) atoms. The fraction of sp³-hybridized carbons (Fsp3) is 1.00. The SMILES string of the molecule is CC(Cl)C1CCN(CCN(C)C)CC1. The molecule has 1 aliphatic rings. The number of hydrogen-bond acceptors (Lipinski definition) is 2. The van der Waals surface area contributed by atoms with Crippen LogP contribution in [0.25, 0.3) is 0 Å². The highest BCUT2D eigenvalue weighted by atomic mass is 35.5. The summed E-state index contributed by atoms with van der Waals surface area (Å²) in [6, 6.07) is 0. The number of nitrogens with zero attached hydrogens (tertiary/aromatic N) is 2. The molecule has 3 heteroatoms. The van der Waals surface area contributed by atoms with E-state index in [1.807, 2.05) is 0 Å². The zero-order valence-electron chi connectivity index (χ0n) is 9.67. The van der Waals surface area contributed by atoms with Gasteiger partial charge in [-0.05, 0) is 52.9 Å². The van der Waals surface area contributed by atoms with Gasteiger partial charge in [0, 0.05) is 18.5 Å². The maximum atomic E-state index is 6.11. The van der Waals surface area contributed by atoms with E-state index in [1.54, 1.807) is 0 Å². The Morgan fingerprint density at radius 2 is 1.93 bits per heavy atom. The smallest absolute Gasteiger partial charge is 0.0337 e. The van der Waals surface area contributed by atoms with Crippen molar-refractivity contribution in [3.8, 4) is 0 Å². The average Bonchev–Trinajstić information content (AvgIpc) is 2.15. The number of alkyl halides is 1. The Balaban J connectivity index is 2.16. The van der Waals surface area contributed by atoms with Gasteiger partial charge in [-0.25, -0.2) is 0 Å². The number of likely N-dealkylation sites (N-methyl/N-ethyl adjacent to an activating group) is 1. The quantitative estimate of drug-likeness (QED) is 0.665. The number of rotatable bonds is 4. The fourth-order valence-electron chi connectivity index (χ4n) is 1.98. The highest BCUT2D eigenvalue weighted by Gasteiger charge is 2.22. The van der Waals surface area contributed by atoms with E-state index in [2.05, 4.69) is 30.8 Å². The van der Waals surface area contributed by atoms with Gasteiger partial charge in [-0.1, -0.05) is 0 Å². The standard InChI is InChI=1S/C11H23ClN2/c1-10(12)11-4-6-14(7-5-11)9-8-13(2)3/h10-11H,4-9H2,1-3H3. The Hall–Kier alpha value is 0.210. The Labute approximate surface area is 93.2 Å². The zero-order valence-corrected chi connectivity index (χ0v) is 10.4. The maximum Gasteiger partial charge on any atom is 0.0337 e. The number of piperidine rings is 1. The molecule has 84 valence electrons. The third-order valence-corrected chi connectivity index (χ3v) is 3.50. The second-order valence-electron chi connectivity index (χ2n) is 4.66. The van der Waals surface area contributed by atoms with Gasteiger partial charge in [0.15, 0.2) is 0 Å². The molecule has 1 fully saturated rings. The van der Waals surface area contributed by atoms with Crippen LogP contribution in [0, 0.1) is 5.92 Å². The Kier molecular flexibility index (Phi) is 5.21. The zero-order chi connectivity index (χ0) is 10.6. The molecule has 2 nitrogen and oxygen atoms in total. The predicted molar refractivity (Wildman–Crippen MR) is 63.0 cm³/mol. The van der Waals surface area contributed by atoms with E-state index in [0.29, 0.717) is 5.38 Å². The number of likely N-dealkylation sites (tertiary alicyclic amines) is 1. The van der Waals surface area contributed by atoms with Gasteiger partial charge in [-0.15, -0.1) is 11.6 Å². The van der Waals surface area contributed by atoms with Crippen molar-refractivity contribution in [3.63, 3.8) is 0 Å². The van der Waals surface area contributed by atoms with Gasteiger partial charge in [-0.2, -0.15) is 0 Å². The van der Waals surface area contributed by atoms with Gasteiger partial charge in [0.05, 0.1) is 0 Å².